The number of pyridine rings is 1. The van der Waals surface area contributed by atoms with E-state index in [1.165, 1.54) is 29.7 Å². The molecule has 7 nitrogen and oxygen atoms in total. The molecule has 0 aliphatic rings. The first-order valence-electron chi connectivity index (χ1n) is 5.90. The third-order valence-electron chi connectivity index (χ3n) is 2.73. The van der Waals surface area contributed by atoms with Crippen molar-refractivity contribution in [2.45, 2.75) is 0 Å². The Kier molecular flexibility index (Phi) is 3.28. The van der Waals surface area contributed by atoms with E-state index in [2.05, 4.69) is 15.3 Å². The van der Waals surface area contributed by atoms with Gasteiger partial charge < -0.3 is 0 Å². The van der Waals surface area contributed by atoms with Gasteiger partial charge in [0.05, 0.1) is 20.7 Å². The minimum absolute atomic E-state index is 0.00344. The van der Waals surface area contributed by atoms with Crippen molar-refractivity contribution in [2.24, 2.45) is 0 Å². The van der Waals surface area contributed by atoms with E-state index in [1.54, 1.807) is 24.4 Å². The van der Waals surface area contributed by atoms with E-state index in [4.69, 9.17) is 0 Å². The van der Waals surface area contributed by atoms with Gasteiger partial charge in [0.15, 0.2) is 5.13 Å². The molecule has 1 amide bonds. The molecule has 2 aromatic heterocycles. The van der Waals surface area contributed by atoms with Crippen LogP contribution in [0.25, 0.3) is 10.2 Å². The molecule has 3 rings (SSSR count). The van der Waals surface area contributed by atoms with Crippen LogP contribution in [-0.2, 0) is 0 Å². The maximum absolute atomic E-state index is 12.0. The SMILES string of the molecule is O=C(Nc1nc2ccc([N+](=O)[O-])cc2s1)c1cccnc1. The van der Waals surface area contributed by atoms with E-state index in [9.17, 15) is 14.9 Å². The van der Waals surface area contributed by atoms with Crippen LogP contribution >= 0.6 is 11.3 Å². The van der Waals surface area contributed by atoms with Crippen molar-refractivity contribution >= 4 is 38.3 Å². The largest absolute Gasteiger partial charge is 0.298 e. The highest BCUT2D eigenvalue weighted by molar-refractivity contribution is 7.22. The van der Waals surface area contributed by atoms with Crippen molar-refractivity contribution in [1.82, 2.24) is 9.97 Å². The molecule has 0 aliphatic heterocycles. The summed E-state index contributed by atoms with van der Waals surface area (Å²) < 4.78 is 0.644. The molecule has 0 radical (unpaired) electrons. The molecule has 0 atom stereocenters. The maximum Gasteiger partial charge on any atom is 0.270 e. The smallest absolute Gasteiger partial charge is 0.270 e. The van der Waals surface area contributed by atoms with E-state index in [0.29, 0.717) is 20.9 Å². The molecular formula is C13H8N4O3S. The summed E-state index contributed by atoms with van der Waals surface area (Å²) in [7, 11) is 0. The Morgan fingerprint density at radius 3 is 2.90 bits per heavy atom. The second kappa shape index (κ2) is 5.25. The highest BCUT2D eigenvalue weighted by Gasteiger charge is 2.12. The average molecular weight is 300 g/mol. The third kappa shape index (κ3) is 2.70. The molecule has 0 bridgehead atoms. The lowest BCUT2D eigenvalue weighted by Crippen LogP contribution is -2.11. The van der Waals surface area contributed by atoms with Crippen molar-refractivity contribution in [1.29, 1.82) is 0 Å². The van der Waals surface area contributed by atoms with Gasteiger partial charge in [0.2, 0.25) is 0 Å². The van der Waals surface area contributed by atoms with Crippen LogP contribution in [-0.4, -0.2) is 20.8 Å². The second-order valence-electron chi connectivity index (χ2n) is 4.12. The molecule has 0 spiro atoms. The highest BCUT2D eigenvalue weighted by atomic mass is 32.1. The number of non-ortho nitro benzene ring substituents is 1. The van der Waals surface area contributed by atoms with E-state index in [1.807, 2.05) is 0 Å². The number of aromatic nitrogens is 2. The summed E-state index contributed by atoms with van der Waals surface area (Å²) in [4.78, 5) is 30.3. The van der Waals surface area contributed by atoms with Crippen molar-refractivity contribution in [2.75, 3.05) is 5.32 Å². The van der Waals surface area contributed by atoms with Crippen LogP contribution in [0.3, 0.4) is 0 Å². The minimum atomic E-state index is -0.465. The van der Waals surface area contributed by atoms with Crippen molar-refractivity contribution in [3.8, 4) is 0 Å². The summed E-state index contributed by atoms with van der Waals surface area (Å²) >= 11 is 1.18. The number of anilines is 1. The second-order valence-corrected chi connectivity index (χ2v) is 5.15. The molecular weight excluding hydrogens is 292 g/mol. The van der Waals surface area contributed by atoms with Gasteiger partial charge in [-0.25, -0.2) is 4.98 Å². The number of hydrogen-bond donors (Lipinski definition) is 1. The van der Waals surface area contributed by atoms with Gasteiger partial charge in [-0.05, 0) is 18.2 Å². The van der Waals surface area contributed by atoms with Crippen molar-refractivity contribution < 1.29 is 9.72 Å². The lowest BCUT2D eigenvalue weighted by molar-refractivity contribution is -0.384. The average Bonchev–Trinajstić information content (AvgIpc) is 2.89. The van der Waals surface area contributed by atoms with Crippen LogP contribution in [0.5, 0.6) is 0 Å². The van der Waals surface area contributed by atoms with Gasteiger partial charge in [-0.15, -0.1) is 0 Å². The van der Waals surface area contributed by atoms with Crippen molar-refractivity contribution in [3.63, 3.8) is 0 Å². The zero-order chi connectivity index (χ0) is 14.8. The number of rotatable bonds is 3. The predicted octanol–water partition coefficient (Wildman–Crippen LogP) is 2.85. The molecule has 3 aromatic rings. The molecule has 8 heteroatoms. The number of amides is 1. The van der Waals surface area contributed by atoms with Crippen LogP contribution < -0.4 is 5.32 Å². The summed E-state index contributed by atoms with van der Waals surface area (Å²) in [6.45, 7) is 0. The van der Waals surface area contributed by atoms with Crippen LogP contribution in [0, 0.1) is 10.1 Å². The molecule has 0 saturated carbocycles. The Morgan fingerprint density at radius 1 is 1.33 bits per heavy atom. The number of carbonyl (C=O) groups excluding carboxylic acids is 1. The summed E-state index contributed by atoms with van der Waals surface area (Å²) in [6, 6.07) is 7.68. The molecule has 21 heavy (non-hydrogen) atoms. The number of thiazole rings is 1. The third-order valence-corrected chi connectivity index (χ3v) is 3.66. The molecule has 0 saturated heterocycles. The van der Waals surface area contributed by atoms with Crippen LogP contribution in [0.2, 0.25) is 0 Å². The molecule has 0 fully saturated rings. The number of nitro benzene ring substituents is 1. The lowest BCUT2D eigenvalue weighted by Gasteiger charge is -1.99. The normalized spacial score (nSPS) is 10.5. The Hall–Kier alpha value is -2.87. The van der Waals surface area contributed by atoms with Crippen LogP contribution in [0.15, 0.2) is 42.7 Å². The Balaban J connectivity index is 1.88. The topological polar surface area (TPSA) is 98.0 Å². The first kappa shape index (κ1) is 13.1. The monoisotopic (exact) mass is 300 g/mol. The Bertz CT molecular complexity index is 832. The number of carbonyl (C=O) groups is 1. The summed E-state index contributed by atoms with van der Waals surface area (Å²) in [6.07, 6.45) is 3.03. The molecule has 0 aliphatic carbocycles. The Morgan fingerprint density at radius 2 is 2.19 bits per heavy atom. The minimum Gasteiger partial charge on any atom is -0.298 e. The van der Waals surface area contributed by atoms with Gasteiger partial charge in [0.25, 0.3) is 11.6 Å². The number of hydrogen-bond acceptors (Lipinski definition) is 6. The number of benzene rings is 1. The van der Waals surface area contributed by atoms with Gasteiger partial charge in [-0.1, -0.05) is 11.3 Å². The van der Waals surface area contributed by atoms with Gasteiger partial charge in [-0.3, -0.25) is 25.2 Å². The summed E-state index contributed by atoms with van der Waals surface area (Å²) in [5.74, 6) is -0.323. The summed E-state index contributed by atoms with van der Waals surface area (Å²) in [5, 5.41) is 13.8. The number of nitrogens with zero attached hydrogens (tertiary/aromatic N) is 3. The standard InChI is InChI=1S/C13H8N4O3S/c18-12(8-2-1-5-14-7-8)16-13-15-10-4-3-9(17(19)20)6-11(10)21-13/h1-7H,(H,15,16,18). The Labute approximate surface area is 122 Å². The zero-order valence-electron chi connectivity index (χ0n) is 10.5. The van der Waals surface area contributed by atoms with E-state index in [-0.39, 0.29) is 11.6 Å². The quantitative estimate of drug-likeness (QED) is 0.592. The first-order valence-corrected chi connectivity index (χ1v) is 6.71. The highest BCUT2D eigenvalue weighted by Crippen LogP contribution is 2.29. The maximum atomic E-state index is 12.0. The van der Waals surface area contributed by atoms with Crippen molar-refractivity contribution in [3.05, 3.63) is 58.4 Å². The van der Waals surface area contributed by atoms with E-state index in [0.717, 1.165) is 0 Å². The molecule has 2 heterocycles. The number of fused-ring (bicyclic) bond motifs is 1. The summed E-state index contributed by atoms with van der Waals surface area (Å²) in [5.41, 5.74) is 1.02. The van der Waals surface area contributed by atoms with Gasteiger partial charge in [0.1, 0.15) is 0 Å². The van der Waals surface area contributed by atoms with Gasteiger partial charge in [0, 0.05) is 24.5 Å². The molecule has 1 aromatic carbocycles. The molecule has 0 unspecified atom stereocenters. The number of nitrogens with one attached hydrogen (secondary N) is 1. The number of nitro groups is 1. The van der Waals surface area contributed by atoms with Crippen LogP contribution in [0.4, 0.5) is 10.8 Å². The lowest BCUT2D eigenvalue weighted by atomic mass is 10.3. The van der Waals surface area contributed by atoms with Gasteiger partial charge >= 0.3 is 0 Å². The fraction of sp³-hybridized carbons (Fsp3) is 0. The van der Waals surface area contributed by atoms with E-state index >= 15 is 0 Å². The fourth-order valence-electron chi connectivity index (χ4n) is 1.75. The molecule has 104 valence electrons. The zero-order valence-corrected chi connectivity index (χ0v) is 11.3. The molecule has 1 N–H and O–H groups in total. The first-order chi connectivity index (χ1) is 10.1. The van der Waals surface area contributed by atoms with Gasteiger partial charge in [-0.2, -0.15) is 0 Å². The van der Waals surface area contributed by atoms with Crippen LogP contribution in [0.1, 0.15) is 10.4 Å². The fourth-order valence-corrected chi connectivity index (χ4v) is 2.64. The predicted molar refractivity (Wildman–Crippen MR) is 78.5 cm³/mol. The van der Waals surface area contributed by atoms with E-state index < -0.39 is 4.92 Å².